The van der Waals surface area contributed by atoms with Gasteiger partial charge in [0.2, 0.25) is 0 Å². The zero-order valence-electron chi connectivity index (χ0n) is 30.0. The van der Waals surface area contributed by atoms with E-state index in [2.05, 4.69) is 194 Å². The largest absolute Gasteiger partial charge is 0.310 e. The molecule has 1 unspecified atom stereocenters. The van der Waals surface area contributed by atoms with Crippen LogP contribution in [0.1, 0.15) is 46.2 Å². The third-order valence-corrected chi connectivity index (χ3v) is 11.3. The average molecular weight is 679 g/mol. The lowest BCUT2D eigenvalue weighted by Crippen LogP contribution is -2.28. The average Bonchev–Trinajstić information content (AvgIpc) is 3.66. The van der Waals surface area contributed by atoms with E-state index in [9.17, 15) is 0 Å². The van der Waals surface area contributed by atoms with E-state index in [4.69, 9.17) is 0 Å². The van der Waals surface area contributed by atoms with Crippen LogP contribution < -0.4 is 9.80 Å². The molecule has 1 spiro atoms. The van der Waals surface area contributed by atoms with Gasteiger partial charge >= 0.3 is 0 Å². The summed E-state index contributed by atoms with van der Waals surface area (Å²) in [5.74, 6) is 0. The van der Waals surface area contributed by atoms with E-state index < -0.39 is 5.41 Å². The van der Waals surface area contributed by atoms with Crippen LogP contribution in [0.3, 0.4) is 0 Å². The predicted octanol–water partition coefficient (Wildman–Crippen LogP) is 13.3. The second kappa shape index (κ2) is 12.3. The van der Waals surface area contributed by atoms with Crippen molar-refractivity contribution in [1.29, 1.82) is 0 Å². The molecule has 0 N–H and O–H groups in total. The summed E-state index contributed by atoms with van der Waals surface area (Å²) in [4.78, 5) is 4.78. The molecule has 7 aromatic carbocycles. The zero-order chi connectivity index (χ0) is 35.5. The molecule has 0 amide bonds. The lowest BCUT2D eigenvalue weighted by molar-refractivity contribution is 0.714. The van der Waals surface area contributed by atoms with E-state index in [0.717, 1.165) is 47.0 Å². The second-order valence-corrected chi connectivity index (χ2v) is 14.5. The molecular weight excluding hydrogens is 641 g/mol. The molecule has 3 aliphatic carbocycles. The summed E-state index contributed by atoms with van der Waals surface area (Å²) >= 11 is 0. The molecular formula is C51H38N2. The summed E-state index contributed by atoms with van der Waals surface area (Å²) in [6.07, 6.45) is 6.79. The van der Waals surface area contributed by atoms with Crippen molar-refractivity contribution in [1.82, 2.24) is 0 Å². The smallest absolute Gasteiger partial charge is 0.0690 e. The van der Waals surface area contributed by atoms with Crippen molar-refractivity contribution < 1.29 is 0 Å². The van der Waals surface area contributed by atoms with Crippen LogP contribution in [0.2, 0.25) is 0 Å². The van der Waals surface area contributed by atoms with Crippen LogP contribution in [0, 0.1) is 26.0 Å². The Kier molecular flexibility index (Phi) is 7.24. The lowest BCUT2D eigenvalue weighted by atomic mass is 9.68. The van der Waals surface area contributed by atoms with Crippen molar-refractivity contribution >= 4 is 39.7 Å². The molecule has 0 heterocycles. The number of hydrogen-bond donors (Lipinski definition) is 0. The quantitative estimate of drug-likeness (QED) is 0.173. The van der Waals surface area contributed by atoms with E-state index in [1.54, 1.807) is 0 Å². The first kappa shape index (κ1) is 31.2. The molecule has 0 saturated carbocycles. The fourth-order valence-corrected chi connectivity index (χ4v) is 9.19. The summed E-state index contributed by atoms with van der Waals surface area (Å²) in [5.41, 5.74) is 19.7. The molecule has 2 nitrogen and oxygen atoms in total. The van der Waals surface area contributed by atoms with Gasteiger partial charge in [0.1, 0.15) is 0 Å². The van der Waals surface area contributed by atoms with Gasteiger partial charge in [0, 0.05) is 34.5 Å². The van der Waals surface area contributed by atoms with Gasteiger partial charge in [-0.1, -0.05) is 103 Å². The minimum Gasteiger partial charge on any atom is -0.310 e. The van der Waals surface area contributed by atoms with Gasteiger partial charge in [0.15, 0.2) is 0 Å². The molecule has 53 heavy (non-hydrogen) atoms. The Hall–Kier alpha value is -6.56. The molecule has 1 atom stereocenters. The molecule has 3 aliphatic rings. The first-order valence-electron chi connectivity index (χ1n) is 18.6. The first-order chi connectivity index (χ1) is 26.1. The number of aryl methyl sites for hydroxylation is 2. The Balaban J connectivity index is 1.25. The van der Waals surface area contributed by atoms with Crippen molar-refractivity contribution in [3.8, 4) is 11.1 Å². The SMILES string of the molecule is Cc1cccc(N(c2cc#ccc2)c2ccc3c(c2)C2(C4=C(C=CCC4)c4ccccc42)c2cc(N(c4ccccc4)c4cccc(C)c4)ccc2-3)c1. The van der Waals surface area contributed by atoms with E-state index in [1.165, 1.54) is 55.7 Å². The molecule has 0 saturated heterocycles. The van der Waals surface area contributed by atoms with Gasteiger partial charge < -0.3 is 9.80 Å². The third kappa shape index (κ3) is 4.82. The number of benzene rings is 6. The molecule has 0 radical (unpaired) electrons. The molecule has 0 fully saturated rings. The molecule has 7 aromatic rings. The maximum absolute atomic E-state index is 3.22. The highest BCUT2D eigenvalue weighted by Crippen LogP contribution is 2.64. The van der Waals surface area contributed by atoms with Gasteiger partial charge in [-0.3, -0.25) is 0 Å². The van der Waals surface area contributed by atoms with Crippen LogP contribution in [0.4, 0.5) is 34.1 Å². The standard InChI is InChI=1S/C51H38N2/c1-35-15-13-21-39(31-35)52(37-17-5-3-6-18-37)41-27-29-45-46-30-28-42(53(38-19-7-4-8-20-38)40-22-14-16-36(2)32-40)34-50(46)51(49(45)33-41)47-25-11-9-23-43(47)44-24-10-12-26-48(44)51/h3,5-7,9-11,13-25,27-34H,12,26H2,1-2H3. The number of fused-ring (bicyclic) bond motifs is 9. The molecule has 252 valence electrons. The summed E-state index contributed by atoms with van der Waals surface area (Å²) < 4.78 is 0. The normalized spacial score (nSPS) is 14.3. The number of anilines is 6. The molecule has 2 heteroatoms. The van der Waals surface area contributed by atoms with Crippen LogP contribution in [0.15, 0.2) is 175 Å². The minimum atomic E-state index is -0.433. The van der Waals surface area contributed by atoms with Crippen molar-refractivity contribution in [3.63, 3.8) is 0 Å². The topological polar surface area (TPSA) is 6.48 Å². The Labute approximate surface area is 312 Å². The Bertz CT molecular complexity index is 2460. The van der Waals surface area contributed by atoms with E-state index in [0.29, 0.717) is 0 Å². The maximum atomic E-state index is 3.22. The third-order valence-electron chi connectivity index (χ3n) is 11.3. The molecule has 0 aromatic heterocycles. The van der Waals surface area contributed by atoms with Gasteiger partial charge in [-0.25, -0.2) is 0 Å². The summed E-state index contributed by atoms with van der Waals surface area (Å²) in [6, 6.07) is 64.3. The number of para-hydroxylation sites is 1. The van der Waals surface area contributed by atoms with Crippen molar-refractivity contribution in [2.24, 2.45) is 0 Å². The summed E-state index contributed by atoms with van der Waals surface area (Å²) in [6.45, 7) is 4.33. The van der Waals surface area contributed by atoms with Crippen LogP contribution in [0.5, 0.6) is 0 Å². The monoisotopic (exact) mass is 678 g/mol. The first-order valence-corrected chi connectivity index (χ1v) is 18.6. The minimum absolute atomic E-state index is 0.433. The zero-order valence-corrected chi connectivity index (χ0v) is 30.0. The highest BCUT2D eigenvalue weighted by molar-refractivity contribution is 5.99. The van der Waals surface area contributed by atoms with Crippen LogP contribution in [-0.2, 0) is 5.41 Å². The van der Waals surface area contributed by atoms with Gasteiger partial charge in [-0.2, -0.15) is 0 Å². The van der Waals surface area contributed by atoms with E-state index in [-0.39, 0.29) is 0 Å². The fraction of sp³-hybridized carbons (Fsp3) is 0.0980. The number of allylic oxidation sites excluding steroid dienone is 4. The Morgan fingerprint density at radius 3 is 1.74 bits per heavy atom. The number of rotatable bonds is 6. The maximum Gasteiger partial charge on any atom is 0.0690 e. The highest BCUT2D eigenvalue weighted by atomic mass is 15.1. The lowest BCUT2D eigenvalue weighted by Gasteiger charge is -2.35. The van der Waals surface area contributed by atoms with Crippen LogP contribution in [-0.4, -0.2) is 0 Å². The van der Waals surface area contributed by atoms with E-state index in [1.807, 2.05) is 12.1 Å². The van der Waals surface area contributed by atoms with Crippen molar-refractivity contribution in [2.45, 2.75) is 32.1 Å². The van der Waals surface area contributed by atoms with Crippen molar-refractivity contribution in [2.75, 3.05) is 9.80 Å². The second-order valence-electron chi connectivity index (χ2n) is 14.5. The number of nitrogens with zero attached hydrogens (tertiary/aromatic N) is 2. The van der Waals surface area contributed by atoms with Crippen molar-refractivity contribution in [3.05, 3.63) is 221 Å². The highest BCUT2D eigenvalue weighted by Gasteiger charge is 2.53. The van der Waals surface area contributed by atoms with Gasteiger partial charge in [-0.05, 0) is 155 Å². The Morgan fingerprint density at radius 1 is 0.491 bits per heavy atom. The van der Waals surface area contributed by atoms with Crippen LogP contribution >= 0.6 is 0 Å². The van der Waals surface area contributed by atoms with Gasteiger partial charge in [0.05, 0.1) is 11.1 Å². The van der Waals surface area contributed by atoms with Gasteiger partial charge in [-0.15, -0.1) is 0 Å². The fourth-order valence-electron chi connectivity index (χ4n) is 9.19. The Morgan fingerprint density at radius 2 is 1.09 bits per heavy atom. The summed E-state index contributed by atoms with van der Waals surface area (Å²) in [7, 11) is 0. The molecule has 10 rings (SSSR count). The van der Waals surface area contributed by atoms with Crippen LogP contribution in [0.25, 0.3) is 16.7 Å². The number of hydrogen-bond acceptors (Lipinski definition) is 2. The van der Waals surface area contributed by atoms with E-state index >= 15 is 0 Å². The molecule has 0 aliphatic heterocycles. The predicted molar refractivity (Wildman–Crippen MR) is 220 cm³/mol. The van der Waals surface area contributed by atoms with Gasteiger partial charge in [0.25, 0.3) is 0 Å². The summed E-state index contributed by atoms with van der Waals surface area (Å²) in [5, 5.41) is 0. The molecule has 0 bridgehead atoms.